The molecule has 0 unspecified atom stereocenters. The molecule has 0 spiro atoms. The Hall–Kier alpha value is -1.35. The number of aryl methyl sites for hydroxylation is 3. The van der Waals surface area contributed by atoms with Crippen LogP contribution in [0.2, 0.25) is 0 Å². The molecule has 0 saturated carbocycles. The van der Waals surface area contributed by atoms with Crippen LogP contribution < -0.4 is 11.1 Å². The van der Waals surface area contributed by atoms with Crippen molar-refractivity contribution in [2.75, 3.05) is 0 Å². The molecule has 1 aromatic carbocycles. The van der Waals surface area contributed by atoms with Crippen molar-refractivity contribution in [2.45, 2.75) is 59.5 Å². The van der Waals surface area contributed by atoms with E-state index >= 15 is 0 Å². The first-order valence-corrected chi connectivity index (χ1v) is 6.81. The Morgan fingerprint density at radius 2 is 1.74 bits per heavy atom. The van der Waals surface area contributed by atoms with Gasteiger partial charge in [-0.3, -0.25) is 4.79 Å². The van der Waals surface area contributed by atoms with E-state index in [1.54, 1.807) is 0 Å². The molecule has 0 fully saturated rings. The number of nitrogens with one attached hydrogen (secondary N) is 1. The van der Waals surface area contributed by atoms with Crippen molar-refractivity contribution in [1.82, 2.24) is 5.32 Å². The van der Waals surface area contributed by atoms with Crippen LogP contribution >= 0.6 is 0 Å². The van der Waals surface area contributed by atoms with Gasteiger partial charge in [0.15, 0.2) is 0 Å². The van der Waals surface area contributed by atoms with Crippen LogP contribution in [0.1, 0.15) is 48.9 Å². The van der Waals surface area contributed by atoms with Gasteiger partial charge < -0.3 is 11.1 Å². The fraction of sp³-hybridized carbons (Fsp3) is 0.562. The SMILES string of the molecule is Cc1cc(C)c(CNC(=O)CCC(C)(C)N)cc1C. The van der Waals surface area contributed by atoms with Gasteiger partial charge in [-0.1, -0.05) is 12.1 Å². The van der Waals surface area contributed by atoms with E-state index in [1.165, 1.54) is 22.3 Å². The smallest absolute Gasteiger partial charge is 0.220 e. The number of hydrogen-bond acceptors (Lipinski definition) is 2. The van der Waals surface area contributed by atoms with Crippen molar-refractivity contribution < 1.29 is 4.79 Å². The summed E-state index contributed by atoms with van der Waals surface area (Å²) in [6, 6.07) is 4.32. The molecule has 19 heavy (non-hydrogen) atoms. The summed E-state index contributed by atoms with van der Waals surface area (Å²) in [5.41, 5.74) is 10.5. The highest BCUT2D eigenvalue weighted by Gasteiger charge is 2.13. The fourth-order valence-corrected chi connectivity index (χ4v) is 1.93. The molecule has 1 rings (SSSR count). The molecule has 0 aliphatic rings. The maximum Gasteiger partial charge on any atom is 0.220 e. The number of carbonyl (C=O) groups excluding carboxylic acids is 1. The molecule has 0 atom stereocenters. The minimum atomic E-state index is -0.284. The lowest BCUT2D eigenvalue weighted by atomic mass is 9.99. The second-order valence-electron chi connectivity index (χ2n) is 6.13. The zero-order valence-corrected chi connectivity index (χ0v) is 12.8. The minimum Gasteiger partial charge on any atom is -0.352 e. The summed E-state index contributed by atoms with van der Waals surface area (Å²) in [7, 11) is 0. The number of nitrogens with two attached hydrogens (primary N) is 1. The summed E-state index contributed by atoms with van der Waals surface area (Å²) in [6.45, 7) is 10.8. The Labute approximate surface area is 116 Å². The summed E-state index contributed by atoms with van der Waals surface area (Å²) in [4.78, 5) is 11.8. The number of amides is 1. The van der Waals surface area contributed by atoms with E-state index in [2.05, 4.69) is 38.2 Å². The minimum absolute atomic E-state index is 0.0659. The highest BCUT2D eigenvalue weighted by Crippen LogP contribution is 2.15. The topological polar surface area (TPSA) is 55.1 Å². The Morgan fingerprint density at radius 3 is 2.32 bits per heavy atom. The van der Waals surface area contributed by atoms with E-state index in [0.29, 0.717) is 19.4 Å². The molecule has 106 valence electrons. The molecule has 3 N–H and O–H groups in total. The first-order valence-electron chi connectivity index (χ1n) is 6.81. The van der Waals surface area contributed by atoms with Gasteiger partial charge in [-0.05, 0) is 63.3 Å². The van der Waals surface area contributed by atoms with Crippen molar-refractivity contribution in [2.24, 2.45) is 5.73 Å². The van der Waals surface area contributed by atoms with Crippen LogP contribution in [0.25, 0.3) is 0 Å². The van der Waals surface area contributed by atoms with Gasteiger partial charge in [0, 0.05) is 18.5 Å². The lowest BCUT2D eigenvalue weighted by molar-refractivity contribution is -0.121. The van der Waals surface area contributed by atoms with Crippen molar-refractivity contribution in [3.05, 3.63) is 34.4 Å². The largest absolute Gasteiger partial charge is 0.352 e. The maximum absolute atomic E-state index is 11.8. The van der Waals surface area contributed by atoms with Crippen molar-refractivity contribution in [3.8, 4) is 0 Å². The Balaban J connectivity index is 2.53. The zero-order chi connectivity index (χ0) is 14.6. The lowest BCUT2D eigenvalue weighted by Crippen LogP contribution is -2.34. The highest BCUT2D eigenvalue weighted by atomic mass is 16.1. The van der Waals surface area contributed by atoms with Crippen molar-refractivity contribution >= 4 is 5.91 Å². The third kappa shape index (κ3) is 5.43. The molecule has 0 aliphatic heterocycles. The summed E-state index contributed by atoms with van der Waals surface area (Å²) in [5.74, 6) is 0.0659. The number of hydrogen-bond donors (Lipinski definition) is 2. The van der Waals surface area contributed by atoms with Crippen molar-refractivity contribution in [1.29, 1.82) is 0 Å². The van der Waals surface area contributed by atoms with Crippen LogP contribution in [0.3, 0.4) is 0 Å². The second-order valence-corrected chi connectivity index (χ2v) is 6.13. The molecule has 0 aliphatic carbocycles. The molecular weight excluding hydrogens is 236 g/mol. The van der Waals surface area contributed by atoms with Crippen LogP contribution in [0.5, 0.6) is 0 Å². The lowest BCUT2D eigenvalue weighted by Gasteiger charge is -2.18. The Kier molecular flexibility index (Phi) is 5.12. The predicted molar refractivity (Wildman–Crippen MR) is 80.0 cm³/mol. The molecule has 0 heterocycles. The van der Waals surface area contributed by atoms with Crippen molar-refractivity contribution in [3.63, 3.8) is 0 Å². The fourth-order valence-electron chi connectivity index (χ4n) is 1.93. The second kappa shape index (κ2) is 6.20. The van der Waals surface area contributed by atoms with Gasteiger partial charge in [-0.25, -0.2) is 0 Å². The van der Waals surface area contributed by atoms with Crippen LogP contribution in [0.15, 0.2) is 12.1 Å². The zero-order valence-electron chi connectivity index (χ0n) is 12.8. The molecule has 3 heteroatoms. The maximum atomic E-state index is 11.8. The molecule has 0 radical (unpaired) electrons. The molecule has 1 amide bonds. The Bertz CT molecular complexity index is 459. The molecule has 0 bridgehead atoms. The first kappa shape index (κ1) is 15.7. The van der Waals surface area contributed by atoms with E-state index in [0.717, 1.165) is 0 Å². The monoisotopic (exact) mass is 262 g/mol. The van der Waals surface area contributed by atoms with Gasteiger partial charge in [-0.2, -0.15) is 0 Å². The predicted octanol–water partition coefficient (Wildman–Crippen LogP) is 2.75. The van der Waals surface area contributed by atoms with Crippen LogP contribution in [-0.2, 0) is 11.3 Å². The average molecular weight is 262 g/mol. The normalized spacial score (nSPS) is 11.5. The number of rotatable bonds is 5. The standard InChI is InChI=1S/C16H26N2O/c1-11-8-13(3)14(9-12(11)2)10-18-15(19)6-7-16(4,5)17/h8-9H,6-7,10,17H2,1-5H3,(H,18,19). The van der Waals surface area contributed by atoms with Crippen LogP contribution in [-0.4, -0.2) is 11.4 Å². The van der Waals surface area contributed by atoms with Crippen LogP contribution in [0, 0.1) is 20.8 Å². The first-order chi connectivity index (χ1) is 8.69. The molecule has 0 saturated heterocycles. The van der Waals surface area contributed by atoms with E-state index in [-0.39, 0.29) is 11.4 Å². The van der Waals surface area contributed by atoms with Gasteiger partial charge in [0.05, 0.1) is 0 Å². The quantitative estimate of drug-likeness (QED) is 0.857. The van der Waals surface area contributed by atoms with Gasteiger partial charge in [-0.15, -0.1) is 0 Å². The van der Waals surface area contributed by atoms with Gasteiger partial charge in [0.1, 0.15) is 0 Å². The number of benzene rings is 1. The van der Waals surface area contributed by atoms with Crippen LogP contribution in [0.4, 0.5) is 0 Å². The molecule has 0 aromatic heterocycles. The summed E-state index contributed by atoms with van der Waals surface area (Å²) < 4.78 is 0. The van der Waals surface area contributed by atoms with Gasteiger partial charge in [0.25, 0.3) is 0 Å². The van der Waals surface area contributed by atoms with E-state index in [1.807, 2.05) is 13.8 Å². The average Bonchev–Trinajstić information content (AvgIpc) is 2.28. The summed E-state index contributed by atoms with van der Waals surface area (Å²) >= 11 is 0. The third-order valence-electron chi connectivity index (χ3n) is 3.42. The van der Waals surface area contributed by atoms with E-state index < -0.39 is 0 Å². The summed E-state index contributed by atoms with van der Waals surface area (Å²) in [5, 5.41) is 2.96. The van der Waals surface area contributed by atoms with Gasteiger partial charge >= 0.3 is 0 Å². The Morgan fingerprint density at radius 1 is 1.16 bits per heavy atom. The summed E-state index contributed by atoms with van der Waals surface area (Å²) in [6.07, 6.45) is 1.18. The number of carbonyl (C=O) groups is 1. The van der Waals surface area contributed by atoms with E-state index in [4.69, 9.17) is 5.73 Å². The molecule has 3 nitrogen and oxygen atoms in total. The molecular formula is C16H26N2O. The molecule has 1 aromatic rings. The highest BCUT2D eigenvalue weighted by molar-refractivity contribution is 5.76. The van der Waals surface area contributed by atoms with E-state index in [9.17, 15) is 4.79 Å². The third-order valence-corrected chi connectivity index (χ3v) is 3.42. The van der Waals surface area contributed by atoms with Gasteiger partial charge in [0.2, 0.25) is 5.91 Å².